The van der Waals surface area contributed by atoms with Gasteiger partial charge in [-0.15, -0.1) is 0 Å². The number of carbonyl (C=O) groups is 1. The minimum Gasteiger partial charge on any atom is -0.478 e. The maximum absolute atomic E-state index is 10.1. The van der Waals surface area contributed by atoms with E-state index < -0.39 is 5.97 Å². The maximum atomic E-state index is 10.1. The minimum atomic E-state index is -0.848. The van der Waals surface area contributed by atoms with Crippen molar-refractivity contribution in [3.8, 4) is 0 Å². The van der Waals surface area contributed by atoms with E-state index in [1.807, 2.05) is 0 Å². The summed E-state index contributed by atoms with van der Waals surface area (Å²) in [4.78, 5) is 10.1. The van der Waals surface area contributed by atoms with Crippen molar-refractivity contribution in [2.75, 3.05) is 0 Å². The van der Waals surface area contributed by atoms with E-state index in [1.54, 1.807) is 6.08 Å². The highest BCUT2D eigenvalue weighted by molar-refractivity contribution is 5.79. The van der Waals surface area contributed by atoms with Gasteiger partial charge in [0.25, 0.3) is 0 Å². The Hall–Kier alpha value is -0.790. The number of hydrogen-bond donors (Lipinski definition) is 1. The van der Waals surface area contributed by atoms with Crippen LogP contribution in [0.2, 0.25) is 0 Å². The van der Waals surface area contributed by atoms with E-state index in [0.29, 0.717) is 0 Å². The maximum Gasteiger partial charge on any atom is 0.327 e. The van der Waals surface area contributed by atoms with Crippen LogP contribution in [0.15, 0.2) is 12.2 Å². The van der Waals surface area contributed by atoms with Gasteiger partial charge >= 0.3 is 5.97 Å². The van der Waals surface area contributed by atoms with Crippen molar-refractivity contribution in [1.29, 1.82) is 0 Å². The van der Waals surface area contributed by atoms with Gasteiger partial charge in [0.15, 0.2) is 0 Å². The Labute approximate surface area is 74.3 Å². The zero-order valence-corrected chi connectivity index (χ0v) is 7.92. The van der Waals surface area contributed by atoms with E-state index in [2.05, 4.69) is 13.8 Å². The van der Waals surface area contributed by atoms with Crippen molar-refractivity contribution in [1.82, 2.24) is 0 Å². The van der Waals surface area contributed by atoms with Gasteiger partial charge in [0.05, 0.1) is 0 Å². The number of hydrogen-bond acceptors (Lipinski definition) is 1. The molecule has 1 N–H and O–H groups in total. The average Bonchev–Trinajstić information content (AvgIpc) is 1.95. The molecule has 70 valence electrons. The van der Waals surface area contributed by atoms with Gasteiger partial charge < -0.3 is 5.11 Å². The molecule has 0 spiro atoms. The van der Waals surface area contributed by atoms with Gasteiger partial charge in [-0.3, -0.25) is 0 Å². The van der Waals surface area contributed by atoms with Crippen LogP contribution in [0.3, 0.4) is 0 Å². The van der Waals surface area contributed by atoms with E-state index >= 15 is 0 Å². The third-order valence-corrected chi connectivity index (χ3v) is 1.66. The standard InChI is InChI=1S/C10H18O2/c1-9(2)7-5-3-4-6-8-10(11)12/h6,8-9H,3-5,7H2,1-2H3,(H,11,12)/b8-6-. The smallest absolute Gasteiger partial charge is 0.327 e. The molecule has 0 unspecified atom stereocenters. The SMILES string of the molecule is CC(C)CCCC/C=C\C(=O)O. The van der Waals surface area contributed by atoms with Crippen molar-refractivity contribution in [3.63, 3.8) is 0 Å². The molecule has 0 saturated carbocycles. The number of carboxylic acids is 1. The van der Waals surface area contributed by atoms with E-state index in [1.165, 1.54) is 18.9 Å². The lowest BCUT2D eigenvalue weighted by molar-refractivity contribution is -0.131. The molecule has 0 aliphatic rings. The van der Waals surface area contributed by atoms with Gasteiger partial charge in [-0.05, 0) is 18.8 Å². The monoisotopic (exact) mass is 170 g/mol. The molecule has 0 atom stereocenters. The second-order valence-electron chi connectivity index (χ2n) is 3.42. The molecular formula is C10H18O2. The predicted octanol–water partition coefficient (Wildman–Crippen LogP) is 2.84. The molecule has 0 aliphatic heterocycles. The second-order valence-corrected chi connectivity index (χ2v) is 3.42. The minimum absolute atomic E-state index is 0.758. The summed E-state index contributed by atoms with van der Waals surface area (Å²) < 4.78 is 0. The Morgan fingerprint density at radius 2 is 2.08 bits per heavy atom. The van der Waals surface area contributed by atoms with E-state index in [0.717, 1.165) is 18.8 Å². The number of carboxylic acid groups (broad SMARTS) is 1. The molecule has 0 radical (unpaired) electrons. The first kappa shape index (κ1) is 11.2. The van der Waals surface area contributed by atoms with E-state index in [9.17, 15) is 4.79 Å². The zero-order valence-electron chi connectivity index (χ0n) is 7.92. The van der Waals surface area contributed by atoms with Gasteiger partial charge in [-0.25, -0.2) is 4.79 Å². The summed E-state index contributed by atoms with van der Waals surface area (Å²) in [5, 5.41) is 8.27. The van der Waals surface area contributed by atoms with Crippen molar-refractivity contribution in [3.05, 3.63) is 12.2 Å². The Morgan fingerprint density at radius 3 is 2.58 bits per heavy atom. The number of unbranched alkanes of at least 4 members (excludes halogenated alkanes) is 2. The first-order valence-electron chi connectivity index (χ1n) is 4.52. The zero-order chi connectivity index (χ0) is 9.40. The van der Waals surface area contributed by atoms with Crippen molar-refractivity contribution >= 4 is 5.97 Å². The van der Waals surface area contributed by atoms with Crippen LogP contribution in [-0.4, -0.2) is 11.1 Å². The highest BCUT2D eigenvalue weighted by atomic mass is 16.4. The molecule has 0 aliphatic carbocycles. The van der Waals surface area contributed by atoms with E-state index in [4.69, 9.17) is 5.11 Å². The van der Waals surface area contributed by atoms with Crippen LogP contribution in [0.4, 0.5) is 0 Å². The van der Waals surface area contributed by atoms with Gasteiger partial charge in [0.1, 0.15) is 0 Å². The Kier molecular flexibility index (Phi) is 6.44. The van der Waals surface area contributed by atoms with E-state index in [-0.39, 0.29) is 0 Å². The molecule has 2 heteroatoms. The summed E-state index contributed by atoms with van der Waals surface area (Å²) in [6.07, 6.45) is 7.36. The molecule has 0 aromatic carbocycles. The lowest BCUT2D eigenvalue weighted by atomic mass is 10.1. The van der Waals surface area contributed by atoms with Crippen LogP contribution in [0.5, 0.6) is 0 Å². The fourth-order valence-corrected chi connectivity index (χ4v) is 0.999. The molecule has 0 saturated heterocycles. The Balaban J connectivity index is 3.16. The van der Waals surface area contributed by atoms with Crippen LogP contribution in [-0.2, 0) is 4.79 Å². The number of aliphatic carboxylic acids is 1. The van der Waals surface area contributed by atoms with Gasteiger partial charge in [-0.1, -0.05) is 32.8 Å². The molecular weight excluding hydrogens is 152 g/mol. The summed E-state index contributed by atoms with van der Waals surface area (Å²) in [6.45, 7) is 4.40. The van der Waals surface area contributed by atoms with Crippen LogP contribution < -0.4 is 0 Å². The van der Waals surface area contributed by atoms with Crippen molar-refractivity contribution in [2.45, 2.75) is 39.5 Å². The molecule has 0 fully saturated rings. The molecule has 0 aromatic heterocycles. The van der Waals surface area contributed by atoms with Crippen LogP contribution in [0.25, 0.3) is 0 Å². The fourth-order valence-electron chi connectivity index (χ4n) is 0.999. The van der Waals surface area contributed by atoms with Crippen LogP contribution >= 0.6 is 0 Å². The van der Waals surface area contributed by atoms with Gasteiger partial charge in [-0.2, -0.15) is 0 Å². The van der Waals surface area contributed by atoms with Gasteiger partial charge in [0.2, 0.25) is 0 Å². The van der Waals surface area contributed by atoms with Crippen molar-refractivity contribution < 1.29 is 9.90 Å². The lowest BCUT2D eigenvalue weighted by Crippen LogP contribution is -1.87. The molecule has 0 bridgehead atoms. The molecule has 12 heavy (non-hydrogen) atoms. The first-order chi connectivity index (χ1) is 5.63. The second kappa shape index (κ2) is 6.89. The summed E-state index contributed by atoms with van der Waals surface area (Å²) in [5.41, 5.74) is 0. The molecule has 0 rings (SSSR count). The lowest BCUT2D eigenvalue weighted by Gasteiger charge is -2.01. The topological polar surface area (TPSA) is 37.3 Å². The summed E-state index contributed by atoms with van der Waals surface area (Å²) in [7, 11) is 0. The Morgan fingerprint density at radius 1 is 1.42 bits per heavy atom. The first-order valence-corrected chi connectivity index (χ1v) is 4.52. The molecule has 0 heterocycles. The fraction of sp³-hybridized carbons (Fsp3) is 0.700. The van der Waals surface area contributed by atoms with Gasteiger partial charge in [0, 0.05) is 6.08 Å². The molecule has 2 nitrogen and oxygen atoms in total. The number of allylic oxidation sites excluding steroid dienone is 1. The average molecular weight is 170 g/mol. The molecule has 0 aromatic rings. The molecule has 0 amide bonds. The third-order valence-electron chi connectivity index (χ3n) is 1.66. The highest BCUT2D eigenvalue weighted by Gasteiger charge is 1.92. The summed E-state index contributed by atoms with van der Waals surface area (Å²) in [5.74, 6) is -0.0905. The normalized spacial score (nSPS) is 11.2. The highest BCUT2D eigenvalue weighted by Crippen LogP contribution is 2.07. The summed E-state index contributed by atoms with van der Waals surface area (Å²) in [6, 6.07) is 0. The van der Waals surface area contributed by atoms with Crippen LogP contribution in [0, 0.1) is 5.92 Å². The van der Waals surface area contributed by atoms with Crippen LogP contribution in [0.1, 0.15) is 39.5 Å². The predicted molar refractivity (Wildman–Crippen MR) is 50.1 cm³/mol. The third kappa shape index (κ3) is 9.21. The number of rotatable bonds is 6. The largest absolute Gasteiger partial charge is 0.478 e. The quantitative estimate of drug-likeness (QED) is 0.491. The van der Waals surface area contributed by atoms with Crippen molar-refractivity contribution in [2.24, 2.45) is 5.92 Å². The Bertz CT molecular complexity index is 148. The summed E-state index contributed by atoms with van der Waals surface area (Å²) >= 11 is 0.